The summed E-state index contributed by atoms with van der Waals surface area (Å²) in [6, 6.07) is 2.16. The molecule has 0 unspecified atom stereocenters. The molecule has 0 bridgehead atoms. The molecule has 3 heterocycles. The van der Waals surface area contributed by atoms with Crippen LogP contribution in [-0.4, -0.2) is 59.6 Å². The first kappa shape index (κ1) is 18.5. The Balaban J connectivity index is 1.54. The highest BCUT2D eigenvalue weighted by atomic mass is 32.2. The zero-order valence-electron chi connectivity index (χ0n) is 15.1. The van der Waals surface area contributed by atoms with Crippen LogP contribution in [0.4, 0.5) is 15.7 Å². The fraction of sp³-hybridized carbons (Fsp3) is 0.529. The molecule has 10 heteroatoms. The Kier molecular flexibility index (Phi) is 5.74. The number of nitrogens with one attached hydrogen (secondary N) is 2. The van der Waals surface area contributed by atoms with Crippen molar-refractivity contribution >= 4 is 40.1 Å². The van der Waals surface area contributed by atoms with Gasteiger partial charge in [-0.15, -0.1) is 0 Å². The minimum Gasteiger partial charge on any atom is -0.378 e. The van der Waals surface area contributed by atoms with E-state index in [1.807, 2.05) is 0 Å². The normalized spacial score (nSPS) is 17.0. The number of rotatable bonds is 6. The SMILES string of the molecule is CSCc1cc(N2CCOCC2)nc(-c2cnc(NC(=O)NC3CC3)s2)n1. The Hall–Kier alpha value is -1.91. The predicted molar refractivity (Wildman–Crippen MR) is 109 cm³/mol. The Morgan fingerprint density at radius 1 is 1.37 bits per heavy atom. The summed E-state index contributed by atoms with van der Waals surface area (Å²) in [5, 5.41) is 6.24. The Labute approximate surface area is 166 Å². The van der Waals surface area contributed by atoms with Crippen LogP contribution in [0, 0.1) is 0 Å². The van der Waals surface area contributed by atoms with Crippen LogP contribution in [0.1, 0.15) is 18.5 Å². The smallest absolute Gasteiger partial charge is 0.321 e. The Morgan fingerprint density at radius 2 is 2.19 bits per heavy atom. The van der Waals surface area contributed by atoms with Crippen LogP contribution in [0.2, 0.25) is 0 Å². The molecule has 0 aromatic carbocycles. The number of nitrogens with zero attached hydrogens (tertiary/aromatic N) is 4. The van der Waals surface area contributed by atoms with Crippen molar-refractivity contribution in [1.82, 2.24) is 20.3 Å². The second-order valence-electron chi connectivity index (χ2n) is 6.48. The number of hydrogen-bond acceptors (Lipinski definition) is 8. The number of ether oxygens (including phenoxy) is 1. The second kappa shape index (κ2) is 8.41. The average molecular weight is 407 g/mol. The molecular formula is C17H22N6O2S2. The summed E-state index contributed by atoms with van der Waals surface area (Å²) in [6.45, 7) is 3.07. The zero-order chi connectivity index (χ0) is 18.6. The summed E-state index contributed by atoms with van der Waals surface area (Å²) in [5.74, 6) is 2.39. The lowest BCUT2D eigenvalue weighted by atomic mass is 10.3. The van der Waals surface area contributed by atoms with Gasteiger partial charge in [-0.25, -0.2) is 19.7 Å². The van der Waals surface area contributed by atoms with Gasteiger partial charge < -0.3 is 15.0 Å². The van der Waals surface area contributed by atoms with E-state index in [1.165, 1.54) is 11.3 Å². The van der Waals surface area contributed by atoms with Crippen molar-refractivity contribution in [3.63, 3.8) is 0 Å². The lowest BCUT2D eigenvalue weighted by Crippen LogP contribution is -2.36. The van der Waals surface area contributed by atoms with Gasteiger partial charge in [-0.05, 0) is 19.1 Å². The van der Waals surface area contributed by atoms with Crippen LogP contribution < -0.4 is 15.5 Å². The summed E-state index contributed by atoms with van der Waals surface area (Å²) >= 11 is 3.11. The summed E-state index contributed by atoms with van der Waals surface area (Å²) in [5.41, 5.74) is 0.989. The number of morpholine rings is 1. The summed E-state index contributed by atoms with van der Waals surface area (Å²) < 4.78 is 5.44. The highest BCUT2D eigenvalue weighted by molar-refractivity contribution is 7.97. The van der Waals surface area contributed by atoms with Crippen LogP contribution in [0.5, 0.6) is 0 Å². The molecular weight excluding hydrogens is 384 g/mol. The largest absolute Gasteiger partial charge is 0.378 e. The quantitative estimate of drug-likeness (QED) is 0.762. The number of thioether (sulfide) groups is 1. The monoisotopic (exact) mass is 406 g/mol. The van der Waals surface area contributed by atoms with E-state index < -0.39 is 0 Å². The molecule has 2 N–H and O–H groups in total. The molecule has 0 spiro atoms. The maximum absolute atomic E-state index is 11.9. The van der Waals surface area contributed by atoms with Crippen LogP contribution in [0.3, 0.4) is 0 Å². The first-order valence-electron chi connectivity index (χ1n) is 8.94. The van der Waals surface area contributed by atoms with E-state index in [4.69, 9.17) is 14.7 Å². The van der Waals surface area contributed by atoms with Gasteiger partial charge in [0, 0.05) is 31.0 Å². The zero-order valence-corrected chi connectivity index (χ0v) is 16.7. The molecule has 1 saturated carbocycles. The molecule has 27 heavy (non-hydrogen) atoms. The van der Waals surface area contributed by atoms with E-state index in [-0.39, 0.29) is 6.03 Å². The molecule has 2 aliphatic rings. The standard InChI is InChI=1S/C17H22N6O2S2/c1-26-10-12-8-14(23-4-6-25-7-5-23)21-15(19-12)13-9-18-17(27-13)22-16(24)20-11-2-3-11/h8-9,11H,2-7,10H2,1H3,(H2,18,20,22,24). The Morgan fingerprint density at radius 3 is 2.93 bits per heavy atom. The van der Waals surface area contributed by atoms with Gasteiger partial charge in [0.2, 0.25) is 0 Å². The summed E-state index contributed by atoms with van der Waals surface area (Å²) in [6.07, 6.45) is 5.88. The van der Waals surface area contributed by atoms with Crippen molar-refractivity contribution < 1.29 is 9.53 Å². The van der Waals surface area contributed by atoms with Crippen molar-refractivity contribution in [2.24, 2.45) is 0 Å². The number of carbonyl (C=O) groups is 1. The molecule has 2 fully saturated rings. The highest BCUT2D eigenvalue weighted by Gasteiger charge is 2.23. The fourth-order valence-corrected chi connectivity index (χ4v) is 3.94. The third kappa shape index (κ3) is 4.88. The van der Waals surface area contributed by atoms with Crippen LogP contribution >= 0.6 is 23.1 Å². The molecule has 0 atom stereocenters. The van der Waals surface area contributed by atoms with Gasteiger partial charge in [0.25, 0.3) is 0 Å². The summed E-state index contributed by atoms with van der Waals surface area (Å²) in [7, 11) is 0. The average Bonchev–Trinajstić information content (AvgIpc) is 3.37. The summed E-state index contributed by atoms with van der Waals surface area (Å²) in [4.78, 5) is 28.7. The maximum atomic E-state index is 11.9. The van der Waals surface area contributed by atoms with Crippen molar-refractivity contribution in [3.8, 4) is 10.7 Å². The molecule has 144 valence electrons. The number of carbonyl (C=O) groups excluding carboxylic acids is 1. The Bertz CT molecular complexity index is 804. The number of urea groups is 1. The number of thiazole rings is 1. The van der Waals surface area contributed by atoms with E-state index in [9.17, 15) is 4.79 Å². The van der Waals surface area contributed by atoms with Crippen molar-refractivity contribution in [2.45, 2.75) is 24.6 Å². The van der Waals surface area contributed by atoms with E-state index in [0.29, 0.717) is 30.2 Å². The number of anilines is 2. The van der Waals surface area contributed by atoms with E-state index in [1.54, 1.807) is 18.0 Å². The molecule has 2 amide bonds. The van der Waals surface area contributed by atoms with Crippen molar-refractivity contribution in [2.75, 3.05) is 42.8 Å². The minimum absolute atomic E-state index is 0.204. The van der Waals surface area contributed by atoms with E-state index in [0.717, 1.165) is 48.1 Å². The van der Waals surface area contributed by atoms with E-state index in [2.05, 4.69) is 32.8 Å². The van der Waals surface area contributed by atoms with Gasteiger partial charge in [0.05, 0.1) is 30.0 Å². The predicted octanol–water partition coefficient (Wildman–Crippen LogP) is 2.58. The molecule has 2 aromatic rings. The van der Waals surface area contributed by atoms with Crippen LogP contribution in [-0.2, 0) is 10.5 Å². The number of aromatic nitrogens is 3. The van der Waals surface area contributed by atoms with Gasteiger partial charge in [0.1, 0.15) is 5.82 Å². The van der Waals surface area contributed by atoms with E-state index >= 15 is 0 Å². The number of hydrogen-bond donors (Lipinski definition) is 2. The molecule has 1 aliphatic heterocycles. The topological polar surface area (TPSA) is 92.3 Å². The third-order valence-corrected chi connectivity index (χ3v) is 5.75. The molecule has 1 saturated heterocycles. The van der Waals surface area contributed by atoms with Gasteiger partial charge in [-0.1, -0.05) is 11.3 Å². The molecule has 8 nitrogen and oxygen atoms in total. The fourth-order valence-electron chi connectivity index (χ4n) is 2.75. The van der Waals surface area contributed by atoms with Gasteiger partial charge >= 0.3 is 6.03 Å². The van der Waals surface area contributed by atoms with Crippen LogP contribution in [0.25, 0.3) is 10.7 Å². The first-order chi connectivity index (χ1) is 13.2. The first-order valence-corrected chi connectivity index (χ1v) is 11.2. The van der Waals surface area contributed by atoms with Crippen LogP contribution in [0.15, 0.2) is 12.3 Å². The highest BCUT2D eigenvalue weighted by Crippen LogP contribution is 2.29. The minimum atomic E-state index is -0.204. The second-order valence-corrected chi connectivity index (χ2v) is 8.37. The van der Waals surface area contributed by atoms with Gasteiger partial charge in [-0.3, -0.25) is 5.32 Å². The van der Waals surface area contributed by atoms with Crippen molar-refractivity contribution in [3.05, 3.63) is 18.0 Å². The molecule has 0 radical (unpaired) electrons. The lowest BCUT2D eigenvalue weighted by molar-refractivity contribution is 0.122. The molecule has 1 aliphatic carbocycles. The van der Waals surface area contributed by atoms with Gasteiger partial charge in [-0.2, -0.15) is 11.8 Å². The number of amides is 2. The molecule has 2 aromatic heterocycles. The third-order valence-electron chi connectivity index (χ3n) is 4.25. The maximum Gasteiger partial charge on any atom is 0.321 e. The lowest BCUT2D eigenvalue weighted by Gasteiger charge is -2.28. The van der Waals surface area contributed by atoms with Gasteiger partial charge in [0.15, 0.2) is 11.0 Å². The molecule has 4 rings (SSSR count). The van der Waals surface area contributed by atoms with Crippen molar-refractivity contribution in [1.29, 1.82) is 0 Å².